The van der Waals surface area contributed by atoms with Crippen molar-refractivity contribution in [3.05, 3.63) is 59.4 Å². The van der Waals surface area contributed by atoms with Crippen LogP contribution in [0.2, 0.25) is 0 Å². The lowest BCUT2D eigenvalue weighted by molar-refractivity contribution is 0.0696. The quantitative estimate of drug-likeness (QED) is 0.809. The topological polar surface area (TPSA) is 78.4 Å². The molecule has 5 nitrogen and oxygen atoms in total. The second-order valence-corrected chi connectivity index (χ2v) is 4.42. The maximum Gasteiger partial charge on any atom is 0.335 e. The Kier molecular flexibility index (Phi) is 4.18. The molecule has 0 fully saturated rings. The molecule has 0 aliphatic heterocycles. The Hall–Kier alpha value is -2.89. The Morgan fingerprint density at radius 3 is 2.14 bits per heavy atom. The van der Waals surface area contributed by atoms with E-state index >= 15 is 0 Å². The zero-order valence-corrected chi connectivity index (χ0v) is 11.2. The molecular weight excluding hydrogens is 275 g/mol. The summed E-state index contributed by atoms with van der Waals surface area (Å²) in [5, 5.41) is 14.0. The average Bonchev–Trinajstić information content (AvgIpc) is 2.41. The standard InChI is InChI=1S/C15H13FN2O3/c1-9-8-12(6-7-13(9)14(19)20)18-15(21)17-11-4-2-10(16)3-5-11/h2-8H,1H3,(H,19,20)(H2,17,18,21). The molecule has 2 aromatic rings. The van der Waals surface area contributed by atoms with Gasteiger partial charge in [0.2, 0.25) is 0 Å². The van der Waals surface area contributed by atoms with Crippen molar-refractivity contribution in [2.24, 2.45) is 0 Å². The van der Waals surface area contributed by atoms with Gasteiger partial charge in [-0.05, 0) is 55.0 Å². The van der Waals surface area contributed by atoms with Gasteiger partial charge in [-0.2, -0.15) is 0 Å². The van der Waals surface area contributed by atoms with E-state index in [0.717, 1.165) is 0 Å². The largest absolute Gasteiger partial charge is 0.478 e. The number of urea groups is 1. The highest BCUT2D eigenvalue weighted by Gasteiger charge is 2.09. The summed E-state index contributed by atoms with van der Waals surface area (Å²) in [7, 11) is 0. The Labute approximate surface area is 120 Å². The highest BCUT2D eigenvalue weighted by atomic mass is 19.1. The van der Waals surface area contributed by atoms with Crippen molar-refractivity contribution in [3.63, 3.8) is 0 Å². The first kappa shape index (κ1) is 14.5. The number of carboxylic acid groups (broad SMARTS) is 1. The van der Waals surface area contributed by atoms with Crippen molar-refractivity contribution in [2.75, 3.05) is 10.6 Å². The molecule has 3 N–H and O–H groups in total. The second-order valence-electron chi connectivity index (χ2n) is 4.42. The molecule has 0 aliphatic rings. The number of aryl methyl sites for hydroxylation is 1. The van der Waals surface area contributed by atoms with E-state index in [1.807, 2.05) is 0 Å². The van der Waals surface area contributed by atoms with E-state index in [2.05, 4.69) is 10.6 Å². The van der Waals surface area contributed by atoms with Crippen LogP contribution in [0.15, 0.2) is 42.5 Å². The first-order valence-corrected chi connectivity index (χ1v) is 6.13. The second kappa shape index (κ2) is 6.04. The fourth-order valence-corrected chi connectivity index (χ4v) is 1.81. The summed E-state index contributed by atoms with van der Waals surface area (Å²) in [6, 6.07) is 9.34. The van der Waals surface area contributed by atoms with Gasteiger partial charge in [0.05, 0.1) is 5.56 Å². The summed E-state index contributed by atoms with van der Waals surface area (Å²) in [6.45, 7) is 1.65. The van der Waals surface area contributed by atoms with E-state index in [4.69, 9.17) is 5.11 Å². The van der Waals surface area contributed by atoms with Gasteiger partial charge in [0.25, 0.3) is 0 Å². The first-order chi connectivity index (χ1) is 9.95. The monoisotopic (exact) mass is 288 g/mol. The molecule has 2 aromatic carbocycles. The number of hydrogen-bond donors (Lipinski definition) is 3. The molecule has 6 heteroatoms. The Morgan fingerprint density at radius 1 is 1.00 bits per heavy atom. The van der Waals surface area contributed by atoms with Crippen LogP contribution in [0.5, 0.6) is 0 Å². The molecule has 2 rings (SSSR count). The lowest BCUT2D eigenvalue weighted by Crippen LogP contribution is -2.19. The minimum absolute atomic E-state index is 0.180. The molecule has 0 aromatic heterocycles. The number of benzene rings is 2. The normalized spacial score (nSPS) is 10.0. The molecule has 0 aliphatic carbocycles. The van der Waals surface area contributed by atoms with E-state index in [1.54, 1.807) is 13.0 Å². The van der Waals surface area contributed by atoms with Crippen molar-refractivity contribution >= 4 is 23.4 Å². The summed E-state index contributed by atoms with van der Waals surface area (Å²) in [6.07, 6.45) is 0. The lowest BCUT2D eigenvalue weighted by atomic mass is 10.1. The molecule has 0 spiro atoms. The smallest absolute Gasteiger partial charge is 0.335 e. The van der Waals surface area contributed by atoms with Crippen LogP contribution in [0.25, 0.3) is 0 Å². The summed E-state index contributed by atoms with van der Waals surface area (Å²) in [5.74, 6) is -1.41. The molecule has 0 radical (unpaired) electrons. The summed E-state index contributed by atoms with van der Waals surface area (Å²) >= 11 is 0. The number of rotatable bonds is 3. The Bertz CT molecular complexity index is 684. The van der Waals surface area contributed by atoms with Crippen LogP contribution in [-0.2, 0) is 0 Å². The predicted molar refractivity (Wildman–Crippen MR) is 77.2 cm³/mol. The minimum Gasteiger partial charge on any atom is -0.478 e. The van der Waals surface area contributed by atoms with Crippen LogP contribution in [0.1, 0.15) is 15.9 Å². The number of hydrogen-bond acceptors (Lipinski definition) is 2. The van der Waals surface area contributed by atoms with Gasteiger partial charge in [0, 0.05) is 11.4 Å². The van der Waals surface area contributed by atoms with Crippen molar-refractivity contribution in [1.29, 1.82) is 0 Å². The van der Waals surface area contributed by atoms with Crippen LogP contribution in [0.4, 0.5) is 20.6 Å². The zero-order chi connectivity index (χ0) is 15.4. The fraction of sp³-hybridized carbons (Fsp3) is 0.0667. The molecule has 0 atom stereocenters. The predicted octanol–water partition coefficient (Wildman–Crippen LogP) is 3.48. The van der Waals surface area contributed by atoms with E-state index in [0.29, 0.717) is 16.9 Å². The van der Waals surface area contributed by atoms with Crippen molar-refractivity contribution in [3.8, 4) is 0 Å². The molecule has 0 unspecified atom stereocenters. The van der Waals surface area contributed by atoms with Gasteiger partial charge in [-0.3, -0.25) is 0 Å². The SMILES string of the molecule is Cc1cc(NC(=O)Nc2ccc(F)cc2)ccc1C(=O)O. The van der Waals surface area contributed by atoms with Crippen LogP contribution in [0, 0.1) is 12.7 Å². The van der Waals surface area contributed by atoms with Crippen LogP contribution in [0.3, 0.4) is 0 Å². The average molecular weight is 288 g/mol. The molecule has 108 valence electrons. The third-order valence-electron chi connectivity index (χ3n) is 2.82. The number of amides is 2. The van der Waals surface area contributed by atoms with E-state index in [-0.39, 0.29) is 11.4 Å². The number of carbonyl (C=O) groups excluding carboxylic acids is 1. The third kappa shape index (κ3) is 3.79. The van der Waals surface area contributed by atoms with Gasteiger partial charge in [-0.1, -0.05) is 0 Å². The number of carbonyl (C=O) groups is 2. The first-order valence-electron chi connectivity index (χ1n) is 6.13. The zero-order valence-electron chi connectivity index (χ0n) is 11.2. The third-order valence-corrected chi connectivity index (χ3v) is 2.82. The number of nitrogens with one attached hydrogen (secondary N) is 2. The number of carboxylic acids is 1. The molecule has 0 saturated heterocycles. The molecule has 0 heterocycles. The van der Waals surface area contributed by atoms with Crippen molar-refractivity contribution < 1.29 is 19.1 Å². The van der Waals surface area contributed by atoms with E-state index in [1.165, 1.54) is 36.4 Å². The van der Waals surface area contributed by atoms with Gasteiger partial charge in [0.15, 0.2) is 0 Å². The van der Waals surface area contributed by atoms with E-state index < -0.39 is 12.0 Å². The van der Waals surface area contributed by atoms with Gasteiger partial charge in [0.1, 0.15) is 5.82 Å². The Balaban J connectivity index is 2.04. The van der Waals surface area contributed by atoms with Gasteiger partial charge < -0.3 is 15.7 Å². The maximum atomic E-state index is 12.7. The van der Waals surface area contributed by atoms with Crippen molar-refractivity contribution in [1.82, 2.24) is 0 Å². The molecular formula is C15H13FN2O3. The molecule has 0 bridgehead atoms. The van der Waals surface area contributed by atoms with Crippen LogP contribution in [-0.4, -0.2) is 17.1 Å². The summed E-state index contributed by atoms with van der Waals surface area (Å²) in [4.78, 5) is 22.7. The highest BCUT2D eigenvalue weighted by Crippen LogP contribution is 2.16. The highest BCUT2D eigenvalue weighted by molar-refractivity contribution is 6.00. The number of aromatic carboxylic acids is 1. The number of anilines is 2. The molecule has 21 heavy (non-hydrogen) atoms. The van der Waals surface area contributed by atoms with Gasteiger partial charge in [-0.15, -0.1) is 0 Å². The number of halogens is 1. The lowest BCUT2D eigenvalue weighted by Gasteiger charge is -2.09. The molecule has 0 saturated carbocycles. The van der Waals surface area contributed by atoms with Gasteiger partial charge >= 0.3 is 12.0 Å². The van der Waals surface area contributed by atoms with Crippen LogP contribution >= 0.6 is 0 Å². The maximum absolute atomic E-state index is 12.7. The minimum atomic E-state index is -1.02. The summed E-state index contributed by atoms with van der Waals surface area (Å²) < 4.78 is 12.7. The Morgan fingerprint density at radius 2 is 1.57 bits per heavy atom. The van der Waals surface area contributed by atoms with E-state index in [9.17, 15) is 14.0 Å². The van der Waals surface area contributed by atoms with Crippen molar-refractivity contribution in [2.45, 2.75) is 6.92 Å². The summed E-state index contributed by atoms with van der Waals surface area (Å²) in [5.41, 5.74) is 1.64. The fourth-order valence-electron chi connectivity index (χ4n) is 1.81. The van der Waals surface area contributed by atoms with Crippen LogP contribution < -0.4 is 10.6 Å². The molecule has 2 amide bonds. The van der Waals surface area contributed by atoms with Gasteiger partial charge in [-0.25, -0.2) is 14.0 Å².